The van der Waals surface area contributed by atoms with Crippen LogP contribution in [-0.2, 0) is 4.79 Å². The van der Waals surface area contributed by atoms with Gasteiger partial charge in [-0.3, -0.25) is 4.79 Å². The third kappa shape index (κ3) is 10.7. The summed E-state index contributed by atoms with van der Waals surface area (Å²) in [6.07, 6.45) is 12.1. The standard InChI is InChI=1S/C14H27NO2P/c1-5-6-7-8-9-10-11-12-18(17)14(16)13-15(2,3)4/h1,17H,6-13H2,2-4H3/q+1. The summed E-state index contributed by atoms with van der Waals surface area (Å²) in [5, 5.41) is 0. The molecule has 0 amide bonds. The topological polar surface area (TPSA) is 37.3 Å². The van der Waals surface area contributed by atoms with E-state index in [0.29, 0.717) is 17.2 Å². The summed E-state index contributed by atoms with van der Waals surface area (Å²) in [6, 6.07) is 0. The molecule has 1 atom stereocenters. The molecule has 18 heavy (non-hydrogen) atoms. The average molecular weight is 272 g/mol. The van der Waals surface area contributed by atoms with Gasteiger partial charge in [-0.25, -0.2) is 0 Å². The van der Waals surface area contributed by atoms with Crippen molar-refractivity contribution in [2.45, 2.75) is 38.5 Å². The van der Waals surface area contributed by atoms with Crippen molar-refractivity contribution in [3.63, 3.8) is 0 Å². The smallest absolute Gasteiger partial charge is 0.234 e. The third-order valence-electron chi connectivity index (χ3n) is 2.59. The number of rotatable bonds is 10. The van der Waals surface area contributed by atoms with E-state index in [1.807, 2.05) is 21.1 Å². The molecule has 0 aliphatic rings. The van der Waals surface area contributed by atoms with Gasteiger partial charge < -0.3 is 9.38 Å². The zero-order valence-electron chi connectivity index (χ0n) is 12.0. The number of nitrogens with zero attached hydrogens (tertiary/aromatic N) is 1. The molecule has 0 aromatic heterocycles. The molecule has 1 N–H and O–H groups in total. The number of likely N-dealkylation sites (N-methyl/N-ethyl adjacent to an activating group) is 1. The minimum absolute atomic E-state index is 0.0184. The van der Waals surface area contributed by atoms with Gasteiger partial charge in [0.15, 0.2) is 0 Å². The lowest BCUT2D eigenvalue weighted by atomic mass is 10.1. The highest BCUT2D eigenvalue weighted by Crippen LogP contribution is 2.33. The van der Waals surface area contributed by atoms with Crippen LogP contribution in [0.3, 0.4) is 0 Å². The van der Waals surface area contributed by atoms with Crippen LogP contribution in [0, 0.1) is 12.3 Å². The van der Waals surface area contributed by atoms with Crippen LogP contribution >= 0.6 is 8.15 Å². The highest BCUT2D eigenvalue weighted by Gasteiger charge is 2.21. The lowest BCUT2D eigenvalue weighted by molar-refractivity contribution is -0.861. The fourth-order valence-electron chi connectivity index (χ4n) is 1.63. The molecular weight excluding hydrogens is 245 g/mol. The van der Waals surface area contributed by atoms with Crippen molar-refractivity contribution in [2.75, 3.05) is 33.8 Å². The largest absolute Gasteiger partial charge is 0.366 e. The first kappa shape index (κ1) is 17.6. The van der Waals surface area contributed by atoms with Crippen molar-refractivity contribution in [1.29, 1.82) is 0 Å². The average Bonchev–Trinajstić information content (AvgIpc) is 2.25. The molecule has 0 saturated heterocycles. The molecule has 0 radical (unpaired) electrons. The number of terminal acetylenes is 1. The quantitative estimate of drug-likeness (QED) is 0.287. The molecule has 0 heterocycles. The van der Waals surface area contributed by atoms with Gasteiger partial charge in [0.2, 0.25) is 5.52 Å². The maximum absolute atomic E-state index is 11.7. The lowest BCUT2D eigenvalue weighted by Gasteiger charge is -2.23. The Morgan fingerprint density at radius 1 is 1.17 bits per heavy atom. The highest BCUT2D eigenvalue weighted by atomic mass is 31.1. The van der Waals surface area contributed by atoms with E-state index in [4.69, 9.17) is 6.42 Å². The molecule has 0 rings (SSSR count). The molecule has 0 fully saturated rings. The van der Waals surface area contributed by atoms with E-state index in [2.05, 4.69) is 5.92 Å². The van der Waals surface area contributed by atoms with Gasteiger partial charge in [-0.1, -0.05) is 19.3 Å². The fraction of sp³-hybridized carbons (Fsp3) is 0.786. The van der Waals surface area contributed by atoms with Gasteiger partial charge in [-0.15, -0.1) is 12.3 Å². The fourth-order valence-corrected chi connectivity index (χ4v) is 2.99. The predicted octanol–water partition coefficient (Wildman–Crippen LogP) is 2.58. The summed E-state index contributed by atoms with van der Waals surface area (Å²) in [5.41, 5.74) is 0.0184. The molecular formula is C14H27NO2P+. The molecule has 0 aromatic carbocycles. The first-order valence-electron chi connectivity index (χ1n) is 6.60. The van der Waals surface area contributed by atoms with Gasteiger partial charge in [-0.2, -0.15) is 0 Å². The summed E-state index contributed by atoms with van der Waals surface area (Å²) >= 11 is 0. The first-order valence-corrected chi connectivity index (χ1v) is 8.08. The van der Waals surface area contributed by atoms with Gasteiger partial charge in [0.25, 0.3) is 0 Å². The molecule has 4 heteroatoms. The molecule has 0 bridgehead atoms. The second-order valence-electron chi connectivity index (χ2n) is 5.69. The van der Waals surface area contributed by atoms with Crippen LogP contribution in [0.5, 0.6) is 0 Å². The van der Waals surface area contributed by atoms with E-state index >= 15 is 0 Å². The molecule has 0 aromatic rings. The Bertz CT molecular complexity index is 278. The maximum atomic E-state index is 11.7. The Balaban J connectivity index is 3.56. The Kier molecular flexibility index (Phi) is 9.28. The minimum atomic E-state index is -1.42. The minimum Gasteiger partial charge on any atom is -0.366 e. The number of hydrogen-bond acceptors (Lipinski definition) is 2. The van der Waals surface area contributed by atoms with Crippen LogP contribution in [0.4, 0.5) is 0 Å². The summed E-state index contributed by atoms with van der Waals surface area (Å²) in [5.74, 6) is 2.63. The van der Waals surface area contributed by atoms with Crippen LogP contribution in [0.25, 0.3) is 0 Å². The van der Waals surface area contributed by atoms with E-state index in [1.54, 1.807) is 0 Å². The van der Waals surface area contributed by atoms with Crippen LogP contribution < -0.4 is 0 Å². The molecule has 0 aliphatic heterocycles. The SMILES string of the molecule is C#CCCCCCCCP(O)C(=O)C[N+](C)(C)C. The first-order chi connectivity index (χ1) is 8.37. The van der Waals surface area contributed by atoms with E-state index < -0.39 is 8.15 Å². The zero-order valence-corrected chi connectivity index (χ0v) is 12.9. The Hall–Kier alpha value is -0.420. The Labute approximate surface area is 113 Å². The summed E-state index contributed by atoms with van der Waals surface area (Å²) in [6.45, 7) is 0.421. The molecule has 0 aliphatic carbocycles. The van der Waals surface area contributed by atoms with Crippen molar-refractivity contribution in [2.24, 2.45) is 0 Å². The van der Waals surface area contributed by atoms with Crippen molar-refractivity contribution in [3.8, 4) is 12.3 Å². The Morgan fingerprint density at radius 3 is 2.28 bits per heavy atom. The number of hydrogen-bond donors (Lipinski definition) is 1. The lowest BCUT2D eigenvalue weighted by Crippen LogP contribution is -2.39. The van der Waals surface area contributed by atoms with Crippen molar-refractivity contribution >= 4 is 13.7 Å². The van der Waals surface area contributed by atoms with E-state index in [0.717, 1.165) is 38.5 Å². The number of unbranched alkanes of at least 4 members (excludes halogenated alkanes) is 5. The van der Waals surface area contributed by atoms with Crippen molar-refractivity contribution < 1.29 is 14.2 Å². The number of quaternary nitrogens is 1. The van der Waals surface area contributed by atoms with Gasteiger partial charge >= 0.3 is 0 Å². The Morgan fingerprint density at radius 2 is 1.72 bits per heavy atom. The van der Waals surface area contributed by atoms with Crippen LogP contribution in [-0.4, -0.2) is 48.8 Å². The number of carbonyl (C=O) groups is 1. The second kappa shape index (κ2) is 9.50. The van der Waals surface area contributed by atoms with E-state index in [9.17, 15) is 9.69 Å². The summed E-state index contributed by atoms with van der Waals surface area (Å²) in [4.78, 5) is 21.5. The summed E-state index contributed by atoms with van der Waals surface area (Å²) in [7, 11) is 4.47. The van der Waals surface area contributed by atoms with Gasteiger partial charge in [-0.05, 0) is 19.0 Å². The molecule has 0 spiro atoms. The second-order valence-corrected chi connectivity index (χ2v) is 7.43. The third-order valence-corrected chi connectivity index (χ3v) is 4.05. The normalized spacial score (nSPS) is 13.1. The van der Waals surface area contributed by atoms with Gasteiger partial charge in [0, 0.05) is 6.42 Å². The van der Waals surface area contributed by atoms with Crippen molar-refractivity contribution in [1.82, 2.24) is 0 Å². The van der Waals surface area contributed by atoms with E-state index in [-0.39, 0.29) is 5.52 Å². The molecule has 0 saturated carbocycles. The van der Waals surface area contributed by atoms with E-state index in [1.165, 1.54) is 0 Å². The zero-order chi connectivity index (χ0) is 14.0. The molecule has 104 valence electrons. The van der Waals surface area contributed by atoms with Gasteiger partial charge in [0.05, 0.1) is 21.1 Å². The maximum Gasteiger partial charge on any atom is 0.234 e. The van der Waals surface area contributed by atoms with Crippen LogP contribution in [0.2, 0.25) is 0 Å². The highest BCUT2D eigenvalue weighted by molar-refractivity contribution is 7.69. The van der Waals surface area contributed by atoms with Crippen LogP contribution in [0.15, 0.2) is 0 Å². The van der Waals surface area contributed by atoms with Crippen LogP contribution in [0.1, 0.15) is 38.5 Å². The van der Waals surface area contributed by atoms with Gasteiger partial charge in [0.1, 0.15) is 14.7 Å². The monoisotopic (exact) mass is 272 g/mol. The molecule has 3 nitrogen and oxygen atoms in total. The summed E-state index contributed by atoms with van der Waals surface area (Å²) < 4.78 is 0.588. The molecule has 1 unspecified atom stereocenters. The predicted molar refractivity (Wildman–Crippen MR) is 78.4 cm³/mol. The van der Waals surface area contributed by atoms with Crippen molar-refractivity contribution in [3.05, 3.63) is 0 Å². The number of carbonyl (C=O) groups excluding carboxylic acids is 1.